The molecular formula is C20H24O5. The van der Waals surface area contributed by atoms with Crippen molar-refractivity contribution in [1.82, 2.24) is 0 Å². The van der Waals surface area contributed by atoms with Gasteiger partial charge in [0, 0.05) is 17.8 Å². The van der Waals surface area contributed by atoms with Crippen LogP contribution >= 0.6 is 0 Å². The summed E-state index contributed by atoms with van der Waals surface area (Å²) < 4.78 is 17.3. The van der Waals surface area contributed by atoms with Gasteiger partial charge >= 0.3 is 5.97 Å². The molecule has 0 N–H and O–H groups in total. The molecule has 3 heterocycles. The third-order valence-corrected chi connectivity index (χ3v) is 7.77. The van der Waals surface area contributed by atoms with Crippen LogP contribution in [-0.2, 0) is 14.3 Å². The van der Waals surface area contributed by atoms with Gasteiger partial charge in [0.05, 0.1) is 22.8 Å². The van der Waals surface area contributed by atoms with E-state index in [1.54, 1.807) is 6.07 Å². The monoisotopic (exact) mass is 344 g/mol. The first-order valence-corrected chi connectivity index (χ1v) is 9.34. The predicted molar refractivity (Wildman–Crippen MR) is 87.6 cm³/mol. The van der Waals surface area contributed by atoms with Crippen molar-refractivity contribution >= 4 is 11.8 Å². The standard InChI is InChI=1S/C20H24O5/c1-18-6-3-7-20-14(18)4-8-19(2,25-17(20)24-16(18)22)15(20)10-13(21)12-5-9-23-11-12/h5,9,11,14-15,17H,3-4,6-8,10H2,1-2H3/t14-,15-,17-,18?,19?,20-/m0/s1. The van der Waals surface area contributed by atoms with Crippen molar-refractivity contribution in [3.05, 3.63) is 24.2 Å². The maximum absolute atomic E-state index is 12.8. The number of furan rings is 1. The Kier molecular flexibility index (Phi) is 2.97. The van der Waals surface area contributed by atoms with Crippen molar-refractivity contribution in [1.29, 1.82) is 0 Å². The van der Waals surface area contributed by atoms with E-state index < -0.39 is 17.3 Å². The molecule has 5 nitrogen and oxygen atoms in total. The lowest BCUT2D eigenvalue weighted by Crippen LogP contribution is -2.63. The first-order valence-electron chi connectivity index (χ1n) is 9.34. The minimum Gasteiger partial charge on any atom is -0.472 e. The van der Waals surface area contributed by atoms with Crippen LogP contribution in [0, 0.1) is 22.7 Å². The van der Waals surface area contributed by atoms with Crippen molar-refractivity contribution in [3.63, 3.8) is 0 Å². The molecule has 1 aromatic rings. The van der Waals surface area contributed by atoms with Gasteiger partial charge in [0.2, 0.25) is 6.29 Å². The summed E-state index contributed by atoms with van der Waals surface area (Å²) in [6.45, 7) is 4.16. The Morgan fingerprint density at radius 2 is 2.12 bits per heavy atom. The maximum Gasteiger partial charge on any atom is 0.314 e. The zero-order valence-corrected chi connectivity index (χ0v) is 14.7. The summed E-state index contributed by atoms with van der Waals surface area (Å²) in [5.41, 5.74) is -0.428. The smallest absolute Gasteiger partial charge is 0.314 e. The van der Waals surface area contributed by atoms with Crippen molar-refractivity contribution < 1.29 is 23.5 Å². The van der Waals surface area contributed by atoms with Crippen molar-refractivity contribution in [3.8, 4) is 0 Å². The second kappa shape index (κ2) is 4.76. The van der Waals surface area contributed by atoms with Crippen LogP contribution in [0.4, 0.5) is 0 Å². The van der Waals surface area contributed by atoms with Gasteiger partial charge in [-0.05, 0) is 51.5 Å². The van der Waals surface area contributed by atoms with E-state index in [1.165, 1.54) is 12.5 Å². The molecule has 4 fully saturated rings. The Morgan fingerprint density at radius 3 is 2.88 bits per heavy atom. The van der Waals surface area contributed by atoms with Gasteiger partial charge in [0.1, 0.15) is 6.26 Å². The summed E-state index contributed by atoms with van der Waals surface area (Å²) in [4.78, 5) is 25.5. The number of hydrogen-bond donors (Lipinski definition) is 0. The van der Waals surface area contributed by atoms with Gasteiger partial charge in [-0.2, -0.15) is 0 Å². The molecule has 1 spiro atoms. The molecule has 134 valence electrons. The van der Waals surface area contributed by atoms with Crippen LogP contribution in [0.3, 0.4) is 0 Å². The fraction of sp³-hybridized carbons (Fsp3) is 0.700. The normalized spacial score (nSPS) is 47.4. The second-order valence-electron chi connectivity index (χ2n) is 8.83. The Balaban J connectivity index is 1.58. The lowest BCUT2D eigenvalue weighted by Gasteiger charge is -2.60. The van der Waals surface area contributed by atoms with Gasteiger partial charge in [-0.25, -0.2) is 0 Å². The molecule has 5 heteroatoms. The summed E-state index contributed by atoms with van der Waals surface area (Å²) in [6.07, 6.45) is 7.69. The van der Waals surface area contributed by atoms with Crippen LogP contribution in [0.1, 0.15) is 62.7 Å². The molecule has 2 aliphatic carbocycles. The minimum absolute atomic E-state index is 0.0823. The molecule has 2 saturated carbocycles. The van der Waals surface area contributed by atoms with E-state index in [0.717, 1.165) is 32.1 Å². The number of hydrogen-bond acceptors (Lipinski definition) is 5. The molecule has 2 aliphatic heterocycles. The number of ether oxygens (including phenoxy) is 2. The minimum atomic E-state index is -0.493. The fourth-order valence-electron chi connectivity index (χ4n) is 6.57. The Hall–Kier alpha value is -1.62. The zero-order chi connectivity index (χ0) is 17.4. The van der Waals surface area contributed by atoms with Gasteiger partial charge in [-0.15, -0.1) is 0 Å². The van der Waals surface area contributed by atoms with Gasteiger partial charge in [-0.1, -0.05) is 6.42 Å². The van der Waals surface area contributed by atoms with Gasteiger partial charge in [-0.3, -0.25) is 9.59 Å². The highest BCUT2D eigenvalue weighted by molar-refractivity contribution is 5.96. The molecule has 6 atom stereocenters. The molecule has 0 amide bonds. The third-order valence-electron chi connectivity index (χ3n) is 7.77. The third kappa shape index (κ3) is 1.77. The predicted octanol–water partition coefficient (Wildman–Crippen LogP) is 3.73. The summed E-state index contributed by atoms with van der Waals surface area (Å²) in [7, 11) is 0. The van der Waals surface area contributed by atoms with Crippen LogP contribution in [0.15, 0.2) is 23.0 Å². The molecule has 2 unspecified atom stereocenters. The molecular weight excluding hydrogens is 320 g/mol. The van der Waals surface area contributed by atoms with E-state index in [1.807, 2.05) is 0 Å². The highest BCUT2D eigenvalue weighted by Crippen LogP contribution is 2.72. The summed E-state index contributed by atoms with van der Waals surface area (Å²) >= 11 is 0. The highest BCUT2D eigenvalue weighted by atomic mass is 16.7. The summed E-state index contributed by atoms with van der Waals surface area (Å²) in [5.74, 6) is 0.314. The largest absolute Gasteiger partial charge is 0.472 e. The summed E-state index contributed by atoms with van der Waals surface area (Å²) in [5, 5.41) is 0. The number of esters is 1. The van der Waals surface area contributed by atoms with Crippen LogP contribution in [0.25, 0.3) is 0 Å². The van der Waals surface area contributed by atoms with E-state index in [4.69, 9.17) is 13.9 Å². The fourth-order valence-corrected chi connectivity index (χ4v) is 6.57. The van der Waals surface area contributed by atoms with E-state index in [2.05, 4.69) is 13.8 Å². The molecule has 0 aromatic carbocycles. The van der Waals surface area contributed by atoms with E-state index in [-0.39, 0.29) is 29.0 Å². The number of ketones is 1. The van der Waals surface area contributed by atoms with Crippen molar-refractivity contribution in [2.75, 3.05) is 0 Å². The number of carbonyl (C=O) groups excluding carboxylic acids is 2. The van der Waals surface area contributed by atoms with Crippen LogP contribution in [-0.4, -0.2) is 23.6 Å². The number of carbonyl (C=O) groups is 2. The molecule has 4 aliphatic rings. The zero-order valence-electron chi connectivity index (χ0n) is 14.7. The molecule has 0 radical (unpaired) electrons. The average Bonchev–Trinajstić information content (AvgIpc) is 3.14. The SMILES string of the molecule is CC12CC[C@H]3C4(C)CCC[C@@]3([C@@H](OC4=O)O1)[C@H]2CC(=O)c1ccoc1. The molecule has 3 bridgehead atoms. The topological polar surface area (TPSA) is 65.7 Å². The number of rotatable bonds is 3. The van der Waals surface area contributed by atoms with Crippen LogP contribution in [0.5, 0.6) is 0 Å². The Labute approximate surface area is 147 Å². The Bertz CT molecular complexity index is 739. The summed E-state index contributed by atoms with van der Waals surface area (Å²) in [6, 6.07) is 1.72. The lowest BCUT2D eigenvalue weighted by atomic mass is 9.44. The van der Waals surface area contributed by atoms with E-state index in [9.17, 15) is 9.59 Å². The van der Waals surface area contributed by atoms with Crippen molar-refractivity contribution in [2.45, 2.75) is 64.3 Å². The highest BCUT2D eigenvalue weighted by Gasteiger charge is 2.75. The average molecular weight is 344 g/mol. The molecule has 1 aromatic heterocycles. The van der Waals surface area contributed by atoms with Gasteiger partial charge in [0.25, 0.3) is 0 Å². The first kappa shape index (κ1) is 15.6. The quantitative estimate of drug-likeness (QED) is 0.617. The Morgan fingerprint density at radius 1 is 1.28 bits per heavy atom. The van der Waals surface area contributed by atoms with Gasteiger partial charge in [0.15, 0.2) is 5.78 Å². The molecule has 25 heavy (non-hydrogen) atoms. The van der Waals surface area contributed by atoms with E-state index >= 15 is 0 Å². The molecule has 2 saturated heterocycles. The molecule has 5 rings (SSSR count). The van der Waals surface area contributed by atoms with Crippen LogP contribution < -0.4 is 0 Å². The van der Waals surface area contributed by atoms with E-state index in [0.29, 0.717) is 12.0 Å². The number of Topliss-reactive ketones (excluding diaryl/α,β-unsaturated/α-hetero) is 1. The first-order chi connectivity index (χ1) is 11.9. The lowest BCUT2D eigenvalue weighted by molar-refractivity contribution is -0.252. The second-order valence-corrected chi connectivity index (χ2v) is 8.83. The number of fused-ring (bicyclic) bond motifs is 1. The van der Waals surface area contributed by atoms with Crippen LogP contribution in [0.2, 0.25) is 0 Å². The maximum atomic E-state index is 12.8. The van der Waals surface area contributed by atoms with Crippen molar-refractivity contribution in [2.24, 2.45) is 22.7 Å². The van der Waals surface area contributed by atoms with Gasteiger partial charge < -0.3 is 13.9 Å².